The lowest BCUT2D eigenvalue weighted by molar-refractivity contribution is 0.761. The highest BCUT2D eigenvalue weighted by Gasteiger charge is 2.18. The summed E-state index contributed by atoms with van der Waals surface area (Å²) in [6, 6.07) is 18.6. The monoisotopic (exact) mass is 380 g/mol. The molecule has 0 aliphatic rings. The zero-order chi connectivity index (χ0) is 19.6. The van der Waals surface area contributed by atoms with Crippen LogP contribution in [0.4, 0.5) is 0 Å². The van der Waals surface area contributed by atoms with Gasteiger partial charge in [0.05, 0.1) is 29.9 Å². The molecule has 0 saturated carbocycles. The molecule has 0 unspecified atom stereocenters. The number of nitrogens with one attached hydrogen (secondary N) is 1. The van der Waals surface area contributed by atoms with Crippen molar-refractivity contribution < 1.29 is 0 Å². The Morgan fingerprint density at radius 1 is 0.966 bits per heavy atom. The first-order valence-electron chi connectivity index (χ1n) is 9.49. The summed E-state index contributed by atoms with van der Waals surface area (Å²) in [5.41, 5.74) is 6.48. The minimum atomic E-state index is 0.627. The molecule has 6 nitrogen and oxygen atoms in total. The molecular weight excluding hydrogens is 360 g/mol. The van der Waals surface area contributed by atoms with E-state index in [0.717, 1.165) is 39.6 Å². The van der Waals surface area contributed by atoms with Gasteiger partial charge < -0.3 is 9.55 Å². The van der Waals surface area contributed by atoms with E-state index in [2.05, 4.69) is 56.9 Å². The van der Waals surface area contributed by atoms with Crippen LogP contribution in [0.25, 0.3) is 28.2 Å². The standard InChI is InChI=1S/C23H20N6/c1-17-14-19(29-13-5-10-27-29)8-9-20(17)23-22(18-6-3-2-4-7-18)26-16-28(23)15-21-24-11-12-25-21/h2-14,16H,15H2,1H3,(H,24,25). The summed E-state index contributed by atoms with van der Waals surface area (Å²) in [4.78, 5) is 12.3. The number of benzene rings is 2. The molecule has 0 saturated heterocycles. The summed E-state index contributed by atoms with van der Waals surface area (Å²) in [7, 11) is 0. The maximum absolute atomic E-state index is 4.76. The molecule has 29 heavy (non-hydrogen) atoms. The third-order valence-corrected chi connectivity index (χ3v) is 4.99. The molecule has 6 heteroatoms. The number of rotatable bonds is 5. The zero-order valence-corrected chi connectivity index (χ0v) is 16.0. The largest absolute Gasteiger partial charge is 0.347 e. The van der Waals surface area contributed by atoms with Crippen molar-refractivity contribution in [1.82, 2.24) is 29.3 Å². The quantitative estimate of drug-likeness (QED) is 0.489. The van der Waals surface area contributed by atoms with Crippen LogP contribution in [0.2, 0.25) is 0 Å². The topological polar surface area (TPSA) is 64.3 Å². The summed E-state index contributed by atoms with van der Waals surface area (Å²) >= 11 is 0. The van der Waals surface area contributed by atoms with E-state index in [1.165, 1.54) is 0 Å². The maximum Gasteiger partial charge on any atom is 0.126 e. The van der Waals surface area contributed by atoms with Crippen LogP contribution in [0.5, 0.6) is 0 Å². The van der Waals surface area contributed by atoms with Crippen molar-refractivity contribution in [3.05, 3.63) is 97.1 Å². The maximum atomic E-state index is 4.76. The number of aryl methyl sites for hydroxylation is 1. The highest BCUT2D eigenvalue weighted by atomic mass is 15.3. The van der Waals surface area contributed by atoms with Crippen molar-refractivity contribution >= 4 is 0 Å². The van der Waals surface area contributed by atoms with Crippen molar-refractivity contribution in [3.8, 4) is 28.2 Å². The molecule has 0 spiro atoms. The van der Waals surface area contributed by atoms with Crippen LogP contribution in [0.1, 0.15) is 11.4 Å². The molecule has 0 fully saturated rings. The van der Waals surface area contributed by atoms with Crippen LogP contribution in [0.3, 0.4) is 0 Å². The second-order valence-electron chi connectivity index (χ2n) is 6.92. The molecule has 0 atom stereocenters. The Morgan fingerprint density at radius 2 is 1.86 bits per heavy atom. The Bertz CT molecular complexity index is 1220. The van der Waals surface area contributed by atoms with Gasteiger partial charge in [0.15, 0.2) is 0 Å². The summed E-state index contributed by atoms with van der Waals surface area (Å²) in [5, 5.41) is 4.34. The van der Waals surface area contributed by atoms with Gasteiger partial charge in [-0.3, -0.25) is 0 Å². The van der Waals surface area contributed by atoms with Crippen LogP contribution < -0.4 is 0 Å². The van der Waals surface area contributed by atoms with Gasteiger partial charge in [-0.25, -0.2) is 14.6 Å². The predicted octanol–water partition coefficient (Wildman–Crippen LogP) is 4.48. The second kappa shape index (κ2) is 7.24. The van der Waals surface area contributed by atoms with E-state index < -0.39 is 0 Å². The van der Waals surface area contributed by atoms with E-state index in [0.29, 0.717) is 6.54 Å². The number of aromatic amines is 1. The van der Waals surface area contributed by atoms with E-state index >= 15 is 0 Å². The van der Waals surface area contributed by atoms with Gasteiger partial charge in [-0.2, -0.15) is 5.10 Å². The Hall–Kier alpha value is -3.93. The first kappa shape index (κ1) is 17.2. The van der Waals surface area contributed by atoms with Crippen LogP contribution in [0, 0.1) is 6.92 Å². The molecule has 2 aromatic carbocycles. The van der Waals surface area contributed by atoms with Gasteiger partial charge in [0.1, 0.15) is 5.82 Å². The molecular formula is C23H20N6. The van der Waals surface area contributed by atoms with Crippen LogP contribution in [-0.2, 0) is 6.54 Å². The number of hydrogen-bond acceptors (Lipinski definition) is 3. The van der Waals surface area contributed by atoms with E-state index in [1.807, 2.05) is 47.7 Å². The molecule has 142 valence electrons. The summed E-state index contributed by atoms with van der Waals surface area (Å²) < 4.78 is 4.02. The van der Waals surface area contributed by atoms with Crippen molar-refractivity contribution in [1.29, 1.82) is 0 Å². The summed E-state index contributed by atoms with van der Waals surface area (Å²) in [5.74, 6) is 0.897. The Morgan fingerprint density at radius 3 is 2.59 bits per heavy atom. The third kappa shape index (κ3) is 3.25. The molecule has 0 radical (unpaired) electrons. The van der Waals surface area contributed by atoms with E-state index in [9.17, 15) is 0 Å². The molecule has 0 aliphatic heterocycles. The van der Waals surface area contributed by atoms with Crippen LogP contribution in [0.15, 0.2) is 85.7 Å². The summed E-state index contributed by atoms with van der Waals surface area (Å²) in [6.45, 7) is 2.75. The lowest BCUT2D eigenvalue weighted by Gasteiger charge is -2.14. The fraction of sp³-hybridized carbons (Fsp3) is 0.0870. The van der Waals surface area contributed by atoms with Gasteiger partial charge in [-0.1, -0.05) is 36.4 Å². The van der Waals surface area contributed by atoms with Crippen molar-refractivity contribution in [2.45, 2.75) is 13.5 Å². The number of hydrogen-bond donors (Lipinski definition) is 1. The SMILES string of the molecule is Cc1cc(-n2cccn2)ccc1-c1c(-c2ccccc2)ncn1Cc1ncc[nH]1. The van der Waals surface area contributed by atoms with Crippen LogP contribution in [-0.4, -0.2) is 29.3 Å². The van der Waals surface area contributed by atoms with E-state index in [4.69, 9.17) is 4.98 Å². The number of nitrogens with zero attached hydrogens (tertiary/aromatic N) is 5. The molecule has 1 N–H and O–H groups in total. The average molecular weight is 380 g/mol. The van der Waals surface area contributed by atoms with Crippen molar-refractivity contribution in [3.63, 3.8) is 0 Å². The molecule has 5 rings (SSSR count). The first-order chi connectivity index (χ1) is 14.3. The molecule has 3 aromatic heterocycles. The smallest absolute Gasteiger partial charge is 0.126 e. The number of aromatic nitrogens is 6. The normalized spacial score (nSPS) is 11.1. The van der Waals surface area contributed by atoms with E-state index in [-0.39, 0.29) is 0 Å². The van der Waals surface area contributed by atoms with Gasteiger partial charge in [0.2, 0.25) is 0 Å². The second-order valence-corrected chi connectivity index (χ2v) is 6.92. The van der Waals surface area contributed by atoms with Crippen molar-refractivity contribution in [2.24, 2.45) is 0 Å². The Labute approximate surface area is 168 Å². The van der Waals surface area contributed by atoms with E-state index in [1.54, 1.807) is 12.4 Å². The minimum Gasteiger partial charge on any atom is -0.347 e. The number of imidazole rings is 2. The molecule has 0 bridgehead atoms. The fourth-order valence-electron chi connectivity index (χ4n) is 3.62. The molecule has 3 heterocycles. The highest BCUT2D eigenvalue weighted by molar-refractivity contribution is 5.80. The Balaban J connectivity index is 1.65. The average Bonchev–Trinajstić information content (AvgIpc) is 3.51. The molecule has 5 aromatic rings. The summed E-state index contributed by atoms with van der Waals surface area (Å²) in [6.07, 6.45) is 9.24. The van der Waals surface area contributed by atoms with Gasteiger partial charge in [-0.15, -0.1) is 0 Å². The highest BCUT2D eigenvalue weighted by Crippen LogP contribution is 2.34. The van der Waals surface area contributed by atoms with Crippen molar-refractivity contribution in [2.75, 3.05) is 0 Å². The van der Waals surface area contributed by atoms with Gasteiger partial charge in [0, 0.05) is 35.9 Å². The first-order valence-corrected chi connectivity index (χ1v) is 9.49. The lowest BCUT2D eigenvalue weighted by atomic mass is 10.00. The van der Waals surface area contributed by atoms with Gasteiger partial charge in [0.25, 0.3) is 0 Å². The fourth-order valence-corrected chi connectivity index (χ4v) is 3.62. The lowest BCUT2D eigenvalue weighted by Crippen LogP contribution is -2.04. The predicted molar refractivity (Wildman–Crippen MR) is 113 cm³/mol. The zero-order valence-electron chi connectivity index (χ0n) is 16.0. The van der Waals surface area contributed by atoms with Gasteiger partial charge >= 0.3 is 0 Å². The molecule has 0 amide bonds. The third-order valence-electron chi connectivity index (χ3n) is 4.99. The Kier molecular flexibility index (Phi) is 4.29. The molecule has 0 aliphatic carbocycles. The number of H-pyrrole nitrogens is 1. The van der Waals surface area contributed by atoms with Gasteiger partial charge in [-0.05, 0) is 30.7 Å². The minimum absolute atomic E-state index is 0.627. The van der Waals surface area contributed by atoms with Crippen LogP contribution >= 0.6 is 0 Å².